The van der Waals surface area contributed by atoms with Crippen LogP contribution in [-0.4, -0.2) is 16.1 Å². The molecule has 0 fully saturated rings. The van der Waals surface area contributed by atoms with Crippen molar-refractivity contribution in [2.24, 2.45) is 5.92 Å². The Labute approximate surface area is 167 Å². The highest BCUT2D eigenvalue weighted by Crippen LogP contribution is 2.40. The van der Waals surface area contributed by atoms with E-state index in [1.807, 2.05) is 30.3 Å². The first kappa shape index (κ1) is 18.0. The molecule has 0 saturated carbocycles. The van der Waals surface area contributed by atoms with Crippen molar-refractivity contribution < 1.29 is 9.90 Å². The maximum Gasteiger partial charge on any atom is 0.336 e. The van der Waals surface area contributed by atoms with Gasteiger partial charge in [0, 0.05) is 21.0 Å². The molecule has 0 amide bonds. The van der Waals surface area contributed by atoms with Gasteiger partial charge < -0.3 is 5.11 Å². The molecule has 136 valence electrons. The first-order chi connectivity index (χ1) is 13.0. The molecule has 1 aromatic heterocycles. The molecule has 0 aliphatic heterocycles. The Hall–Kier alpha value is -2.36. The number of carbonyl (C=O) groups is 1. The Bertz CT molecular complexity index is 1080. The summed E-state index contributed by atoms with van der Waals surface area (Å²) in [5, 5.41) is 11.7. The molecule has 0 saturated heterocycles. The molecule has 0 radical (unpaired) electrons. The number of aromatic carboxylic acids is 1. The number of carboxylic acid groups (broad SMARTS) is 1. The number of aromatic nitrogens is 1. The summed E-state index contributed by atoms with van der Waals surface area (Å²) < 4.78 is 0. The van der Waals surface area contributed by atoms with Crippen molar-refractivity contribution in [1.82, 2.24) is 4.98 Å². The highest BCUT2D eigenvalue weighted by Gasteiger charge is 2.28. The van der Waals surface area contributed by atoms with Crippen LogP contribution in [0.2, 0.25) is 10.0 Å². The number of carboxylic acids is 1. The predicted molar refractivity (Wildman–Crippen MR) is 111 cm³/mol. The number of hydrogen-bond donors (Lipinski definition) is 1. The first-order valence-electron chi connectivity index (χ1n) is 8.75. The third kappa shape index (κ3) is 3.22. The normalized spacial score (nSPS) is 17.9. The number of pyridine rings is 1. The van der Waals surface area contributed by atoms with Crippen molar-refractivity contribution in [3.8, 4) is 0 Å². The van der Waals surface area contributed by atoms with Crippen LogP contribution >= 0.6 is 23.2 Å². The third-order valence-corrected chi connectivity index (χ3v) is 5.61. The van der Waals surface area contributed by atoms with E-state index in [0.717, 1.165) is 28.8 Å². The second-order valence-corrected chi connectivity index (χ2v) is 7.77. The zero-order valence-electron chi connectivity index (χ0n) is 14.7. The largest absolute Gasteiger partial charge is 0.478 e. The monoisotopic (exact) mass is 397 g/mol. The molecule has 0 spiro atoms. The SMILES string of the molecule is CC1CC(=Cc2c(Cl)cccc2Cl)c2nc3ccccc3c(C(=O)O)c2C1. The minimum atomic E-state index is -0.922. The Morgan fingerprint density at radius 1 is 1.11 bits per heavy atom. The van der Waals surface area contributed by atoms with Crippen molar-refractivity contribution >= 4 is 51.7 Å². The Morgan fingerprint density at radius 3 is 2.52 bits per heavy atom. The predicted octanol–water partition coefficient (Wildman–Crippen LogP) is 6.36. The number of halogens is 2. The summed E-state index contributed by atoms with van der Waals surface area (Å²) in [5.74, 6) is -0.625. The molecule has 1 aliphatic carbocycles. The average Bonchev–Trinajstić information content (AvgIpc) is 2.62. The zero-order chi connectivity index (χ0) is 19.1. The van der Waals surface area contributed by atoms with Gasteiger partial charge in [0.25, 0.3) is 0 Å². The van der Waals surface area contributed by atoms with E-state index in [1.165, 1.54) is 0 Å². The van der Waals surface area contributed by atoms with Crippen LogP contribution in [-0.2, 0) is 6.42 Å². The quantitative estimate of drug-likeness (QED) is 0.546. The minimum Gasteiger partial charge on any atom is -0.478 e. The average molecular weight is 398 g/mol. The van der Waals surface area contributed by atoms with Crippen LogP contribution in [0.25, 0.3) is 22.6 Å². The van der Waals surface area contributed by atoms with Gasteiger partial charge >= 0.3 is 5.97 Å². The molecule has 3 nitrogen and oxygen atoms in total. The zero-order valence-corrected chi connectivity index (χ0v) is 16.2. The molecule has 0 bridgehead atoms. The summed E-state index contributed by atoms with van der Waals surface area (Å²) in [6.07, 6.45) is 3.42. The van der Waals surface area contributed by atoms with Gasteiger partial charge in [0.15, 0.2) is 0 Å². The Morgan fingerprint density at radius 2 is 1.81 bits per heavy atom. The Kier molecular flexibility index (Phi) is 4.67. The summed E-state index contributed by atoms with van der Waals surface area (Å²) in [7, 11) is 0. The second kappa shape index (κ2) is 6.99. The van der Waals surface area contributed by atoms with Crippen molar-refractivity contribution in [1.29, 1.82) is 0 Å². The van der Waals surface area contributed by atoms with Crippen molar-refractivity contribution in [2.75, 3.05) is 0 Å². The van der Waals surface area contributed by atoms with Crippen molar-refractivity contribution in [3.05, 3.63) is 74.9 Å². The molecule has 27 heavy (non-hydrogen) atoms. The van der Waals surface area contributed by atoms with Gasteiger partial charge in [0.2, 0.25) is 0 Å². The number of allylic oxidation sites excluding steroid dienone is 1. The molecule has 1 heterocycles. The summed E-state index contributed by atoms with van der Waals surface area (Å²) in [6, 6.07) is 12.8. The summed E-state index contributed by atoms with van der Waals surface area (Å²) in [6.45, 7) is 2.12. The number of benzene rings is 2. The smallest absolute Gasteiger partial charge is 0.336 e. The lowest BCUT2D eigenvalue weighted by Crippen LogP contribution is -2.17. The van der Waals surface area contributed by atoms with E-state index in [0.29, 0.717) is 38.9 Å². The number of rotatable bonds is 2. The van der Waals surface area contributed by atoms with Gasteiger partial charge in [0.1, 0.15) is 0 Å². The maximum absolute atomic E-state index is 12.1. The van der Waals surface area contributed by atoms with Crippen LogP contribution in [0, 0.1) is 5.92 Å². The first-order valence-corrected chi connectivity index (χ1v) is 9.51. The maximum atomic E-state index is 12.1. The van der Waals surface area contributed by atoms with E-state index >= 15 is 0 Å². The molecule has 1 aliphatic rings. The van der Waals surface area contributed by atoms with Crippen LogP contribution in [0.15, 0.2) is 42.5 Å². The van der Waals surface area contributed by atoms with Crippen molar-refractivity contribution in [2.45, 2.75) is 19.8 Å². The molecule has 2 aromatic carbocycles. The fraction of sp³-hybridized carbons (Fsp3) is 0.182. The fourth-order valence-electron chi connectivity index (χ4n) is 3.80. The van der Waals surface area contributed by atoms with Gasteiger partial charge in [0.05, 0.1) is 16.8 Å². The van der Waals surface area contributed by atoms with E-state index in [2.05, 4.69) is 6.92 Å². The lowest BCUT2D eigenvalue weighted by molar-refractivity contribution is 0.0697. The van der Waals surface area contributed by atoms with Gasteiger partial charge in [-0.05, 0) is 54.2 Å². The molecule has 1 N–H and O–H groups in total. The van der Waals surface area contributed by atoms with E-state index in [4.69, 9.17) is 28.2 Å². The fourth-order valence-corrected chi connectivity index (χ4v) is 4.31. The molecular weight excluding hydrogens is 381 g/mol. The van der Waals surface area contributed by atoms with Crippen LogP contribution in [0.4, 0.5) is 0 Å². The molecular formula is C22H17Cl2NO2. The van der Waals surface area contributed by atoms with Crippen LogP contribution in [0.3, 0.4) is 0 Å². The highest BCUT2D eigenvalue weighted by molar-refractivity contribution is 6.37. The van der Waals surface area contributed by atoms with Gasteiger partial charge in [-0.1, -0.05) is 54.4 Å². The standard InChI is InChI=1S/C22H17Cl2NO2/c1-12-9-13(11-15-17(23)6-4-7-18(15)24)21-16(10-12)20(22(26)27)14-5-2-3-8-19(14)25-21/h2-8,11-12H,9-10H2,1H3,(H,26,27). The van der Waals surface area contributed by atoms with Crippen LogP contribution < -0.4 is 0 Å². The molecule has 1 atom stereocenters. The summed E-state index contributed by atoms with van der Waals surface area (Å²) >= 11 is 12.7. The van der Waals surface area contributed by atoms with E-state index in [1.54, 1.807) is 18.2 Å². The molecule has 5 heteroatoms. The van der Waals surface area contributed by atoms with E-state index in [-0.39, 0.29) is 0 Å². The van der Waals surface area contributed by atoms with Crippen LogP contribution in [0.1, 0.15) is 40.5 Å². The highest BCUT2D eigenvalue weighted by atomic mass is 35.5. The number of fused-ring (bicyclic) bond motifs is 2. The van der Waals surface area contributed by atoms with Gasteiger partial charge in [-0.25, -0.2) is 9.78 Å². The Balaban J connectivity index is 2.02. The lowest BCUT2D eigenvalue weighted by Gasteiger charge is -2.26. The number of hydrogen-bond acceptors (Lipinski definition) is 2. The van der Waals surface area contributed by atoms with Gasteiger partial charge in [-0.2, -0.15) is 0 Å². The molecule has 3 aromatic rings. The van der Waals surface area contributed by atoms with Crippen LogP contribution in [0.5, 0.6) is 0 Å². The summed E-state index contributed by atoms with van der Waals surface area (Å²) in [4.78, 5) is 16.9. The third-order valence-electron chi connectivity index (χ3n) is 4.95. The second-order valence-electron chi connectivity index (χ2n) is 6.95. The van der Waals surface area contributed by atoms with E-state index < -0.39 is 5.97 Å². The van der Waals surface area contributed by atoms with E-state index in [9.17, 15) is 9.90 Å². The number of para-hydroxylation sites is 1. The molecule has 4 rings (SSSR count). The summed E-state index contributed by atoms with van der Waals surface area (Å²) in [5.41, 5.74) is 4.25. The topological polar surface area (TPSA) is 50.2 Å². The lowest BCUT2D eigenvalue weighted by atomic mass is 9.80. The van der Waals surface area contributed by atoms with Gasteiger partial charge in [-0.3, -0.25) is 0 Å². The number of nitrogens with zero attached hydrogens (tertiary/aromatic N) is 1. The van der Waals surface area contributed by atoms with Crippen molar-refractivity contribution in [3.63, 3.8) is 0 Å². The minimum absolute atomic E-state index is 0.297. The van der Waals surface area contributed by atoms with Gasteiger partial charge in [-0.15, -0.1) is 0 Å². The molecule has 1 unspecified atom stereocenters.